The van der Waals surface area contributed by atoms with E-state index in [0.29, 0.717) is 17.1 Å². The monoisotopic (exact) mass is 531 g/mol. The quantitative estimate of drug-likeness (QED) is 0.240. The summed E-state index contributed by atoms with van der Waals surface area (Å²) < 4.78 is 50.2. The van der Waals surface area contributed by atoms with Gasteiger partial charge in [-0.3, -0.25) is 9.59 Å². The summed E-state index contributed by atoms with van der Waals surface area (Å²) in [5, 5.41) is 11.4. The number of benzene rings is 3. The van der Waals surface area contributed by atoms with Crippen molar-refractivity contribution in [3.63, 3.8) is 0 Å². The van der Waals surface area contributed by atoms with Gasteiger partial charge in [0.2, 0.25) is 0 Å². The lowest BCUT2D eigenvalue weighted by atomic mass is 9.95. The number of aliphatic hydroxyl groups is 1. The Morgan fingerprint density at radius 1 is 0.973 bits per heavy atom. The molecule has 1 fully saturated rings. The summed E-state index contributed by atoms with van der Waals surface area (Å²) in [6.45, 7) is -0.312. The maximum atomic E-state index is 13.3. The van der Waals surface area contributed by atoms with Gasteiger partial charge in [-0.15, -0.1) is 0 Å². The summed E-state index contributed by atoms with van der Waals surface area (Å²) in [6.07, 6.45) is -4.58. The number of aliphatic hydroxyl groups excluding tert-OH is 1. The Morgan fingerprint density at radius 3 is 2.24 bits per heavy atom. The summed E-state index contributed by atoms with van der Waals surface area (Å²) in [4.78, 5) is 27.5. The van der Waals surface area contributed by atoms with Crippen LogP contribution in [0.15, 0.2) is 72.3 Å². The molecule has 0 spiro atoms. The molecule has 1 atom stereocenters. The molecule has 1 amide bonds. The van der Waals surface area contributed by atoms with Crippen molar-refractivity contribution in [3.05, 3.63) is 99.6 Å². The number of hydrogen-bond acceptors (Lipinski definition) is 5. The number of methoxy groups -OCH3 is 2. The van der Waals surface area contributed by atoms with Crippen LogP contribution in [0.2, 0.25) is 5.02 Å². The SMILES string of the molecule is COc1ccc(C2/C(=C(\O)c3cc(OC)ccc3Cl)C(=O)C(=O)N2Cc2cccc(C(F)(F)F)c2)cc1. The largest absolute Gasteiger partial charge is 0.507 e. The lowest BCUT2D eigenvalue weighted by molar-refractivity contribution is -0.140. The summed E-state index contributed by atoms with van der Waals surface area (Å²) >= 11 is 6.29. The van der Waals surface area contributed by atoms with Crippen LogP contribution in [0.1, 0.15) is 28.3 Å². The zero-order chi connectivity index (χ0) is 26.9. The van der Waals surface area contributed by atoms with Gasteiger partial charge in [-0.1, -0.05) is 35.9 Å². The minimum Gasteiger partial charge on any atom is -0.507 e. The standard InChI is InChI=1S/C27H21ClF3NO5/c1-36-18-8-6-16(7-9-18)23-22(24(33)20-13-19(37-2)10-11-21(20)28)25(34)26(35)32(23)14-15-4-3-5-17(12-15)27(29,30)31/h3-13,23,33H,14H2,1-2H3/b24-22+. The predicted molar refractivity (Wildman–Crippen MR) is 130 cm³/mol. The Kier molecular flexibility index (Phi) is 7.18. The maximum Gasteiger partial charge on any atom is 0.416 e. The van der Waals surface area contributed by atoms with Crippen LogP contribution in [0, 0.1) is 0 Å². The first-order valence-electron chi connectivity index (χ1n) is 11.0. The summed E-state index contributed by atoms with van der Waals surface area (Å²) in [7, 11) is 2.89. The van der Waals surface area contributed by atoms with Gasteiger partial charge in [-0.2, -0.15) is 13.2 Å². The number of hydrogen-bond donors (Lipinski definition) is 1. The van der Waals surface area contributed by atoms with Crippen LogP contribution in [0.3, 0.4) is 0 Å². The van der Waals surface area contributed by atoms with Crippen LogP contribution < -0.4 is 9.47 Å². The number of amides is 1. The minimum atomic E-state index is -4.58. The number of likely N-dealkylation sites (tertiary alicyclic amines) is 1. The van der Waals surface area contributed by atoms with Crippen molar-refractivity contribution < 1.29 is 37.3 Å². The van der Waals surface area contributed by atoms with Gasteiger partial charge in [0.05, 0.1) is 36.4 Å². The molecule has 1 aliphatic rings. The minimum absolute atomic E-state index is 0.0663. The van der Waals surface area contributed by atoms with E-state index in [1.807, 2.05) is 0 Å². The molecule has 192 valence electrons. The number of carbonyl (C=O) groups excluding carboxylic acids is 2. The first kappa shape index (κ1) is 26.1. The molecule has 0 saturated carbocycles. The van der Waals surface area contributed by atoms with Crippen molar-refractivity contribution in [3.8, 4) is 11.5 Å². The highest BCUT2D eigenvalue weighted by Crippen LogP contribution is 2.42. The first-order chi connectivity index (χ1) is 17.5. The highest BCUT2D eigenvalue weighted by atomic mass is 35.5. The number of Topliss-reactive ketones (excluding diaryl/α,β-unsaturated/α-hetero) is 1. The van der Waals surface area contributed by atoms with Gasteiger partial charge < -0.3 is 19.5 Å². The van der Waals surface area contributed by atoms with Crippen LogP contribution in [0.5, 0.6) is 11.5 Å². The zero-order valence-electron chi connectivity index (χ0n) is 19.7. The van der Waals surface area contributed by atoms with Gasteiger partial charge in [-0.25, -0.2) is 0 Å². The van der Waals surface area contributed by atoms with Gasteiger partial charge >= 0.3 is 6.18 Å². The first-order valence-corrected chi connectivity index (χ1v) is 11.4. The molecule has 1 heterocycles. The van der Waals surface area contributed by atoms with Crippen LogP contribution in [0.4, 0.5) is 13.2 Å². The molecule has 3 aromatic carbocycles. The van der Waals surface area contributed by atoms with Crippen LogP contribution in [-0.4, -0.2) is 35.9 Å². The van der Waals surface area contributed by atoms with E-state index in [1.54, 1.807) is 30.3 Å². The van der Waals surface area contributed by atoms with Crippen molar-refractivity contribution in [2.45, 2.75) is 18.8 Å². The molecule has 0 aromatic heterocycles. The number of halogens is 4. The molecule has 0 bridgehead atoms. The Morgan fingerprint density at radius 2 is 1.62 bits per heavy atom. The Hall–Kier alpha value is -3.98. The van der Waals surface area contributed by atoms with E-state index in [1.165, 1.54) is 38.5 Å². The van der Waals surface area contributed by atoms with Crippen molar-refractivity contribution in [1.29, 1.82) is 0 Å². The van der Waals surface area contributed by atoms with Crippen molar-refractivity contribution in [1.82, 2.24) is 4.90 Å². The summed E-state index contributed by atoms with van der Waals surface area (Å²) in [6, 6.07) is 14.3. The van der Waals surface area contributed by atoms with E-state index in [0.717, 1.165) is 17.0 Å². The number of ketones is 1. The highest BCUT2D eigenvalue weighted by molar-refractivity contribution is 6.47. The maximum absolute atomic E-state index is 13.3. The topological polar surface area (TPSA) is 76.1 Å². The normalized spacial score (nSPS) is 17.2. The van der Waals surface area contributed by atoms with Gasteiger partial charge in [0.1, 0.15) is 17.3 Å². The smallest absolute Gasteiger partial charge is 0.416 e. The van der Waals surface area contributed by atoms with Gasteiger partial charge in [0.25, 0.3) is 11.7 Å². The molecule has 1 saturated heterocycles. The fourth-order valence-corrected chi connectivity index (χ4v) is 4.38. The van der Waals surface area contributed by atoms with E-state index in [-0.39, 0.29) is 28.3 Å². The number of carbonyl (C=O) groups is 2. The van der Waals surface area contributed by atoms with E-state index < -0.39 is 35.2 Å². The molecular weight excluding hydrogens is 511 g/mol. The van der Waals surface area contributed by atoms with Crippen LogP contribution >= 0.6 is 11.6 Å². The number of ether oxygens (including phenoxy) is 2. The van der Waals surface area contributed by atoms with Gasteiger partial charge in [-0.05, 0) is 53.6 Å². The van der Waals surface area contributed by atoms with Gasteiger partial charge in [0, 0.05) is 12.1 Å². The molecule has 37 heavy (non-hydrogen) atoms. The summed E-state index contributed by atoms with van der Waals surface area (Å²) in [5.41, 5.74) is -0.471. The second-order valence-electron chi connectivity index (χ2n) is 8.24. The number of alkyl halides is 3. The molecule has 1 unspecified atom stereocenters. The van der Waals surface area contributed by atoms with E-state index in [9.17, 15) is 27.9 Å². The van der Waals surface area contributed by atoms with E-state index in [2.05, 4.69) is 0 Å². The number of nitrogens with zero attached hydrogens (tertiary/aromatic N) is 1. The molecular formula is C27H21ClF3NO5. The van der Waals surface area contributed by atoms with E-state index in [4.69, 9.17) is 21.1 Å². The third-order valence-electron chi connectivity index (χ3n) is 6.01. The third-order valence-corrected chi connectivity index (χ3v) is 6.34. The lowest BCUT2D eigenvalue weighted by Crippen LogP contribution is -2.29. The molecule has 4 rings (SSSR count). The molecule has 1 aliphatic heterocycles. The van der Waals surface area contributed by atoms with Crippen molar-refractivity contribution in [2.75, 3.05) is 14.2 Å². The van der Waals surface area contributed by atoms with Crippen molar-refractivity contribution in [2.24, 2.45) is 0 Å². The third kappa shape index (κ3) is 5.13. The Balaban J connectivity index is 1.87. The molecule has 1 N–H and O–H groups in total. The average molecular weight is 532 g/mol. The molecule has 10 heteroatoms. The second-order valence-corrected chi connectivity index (χ2v) is 8.65. The molecule has 6 nitrogen and oxygen atoms in total. The second kappa shape index (κ2) is 10.2. The molecule has 0 aliphatic carbocycles. The predicted octanol–water partition coefficient (Wildman–Crippen LogP) is 6.00. The Bertz CT molecular complexity index is 1390. The van der Waals surface area contributed by atoms with Crippen molar-refractivity contribution >= 4 is 29.1 Å². The van der Waals surface area contributed by atoms with Crippen LogP contribution in [0.25, 0.3) is 5.76 Å². The average Bonchev–Trinajstić information content (AvgIpc) is 3.13. The van der Waals surface area contributed by atoms with Gasteiger partial charge in [0.15, 0.2) is 0 Å². The lowest BCUT2D eigenvalue weighted by Gasteiger charge is -2.26. The molecule has 0 radical (unpaired) electrons. The number of rotatable bonds is 6. The summed E-state index contributed by atoms with van der Waals surface area (Å²) in [5.74, 6) is -1.64. The van der Waals surface area contributed by atoms with Crippen LogP contribution in [-0.2, 0) is 22.3 Å². The highest BCUT2D eigenvalue weighted by Gasteiger charge is 2.46. The fourth-order valence-electron chi connectivity index (χ4n) is 4.18. The molecule has 3 aromatic rings. The Labute approximate surface area is 215 Å². The van der Waals surface area contributed by atoms with E-state index >= 15 is 0 Å². The zero-order valence-corrected chi connectivity index (χ0v) is 20.4. The fraction of sp³-hybridized carbons (Fsp3) is 0.185.